The van der Waals surface area contributed by atoms with Gasteiger partial charge in [0.1, 0.15) is 48.3 Å². The third-order valence-corrected chi connectivity index (χ3v) is 11.7. The molecule has 1 saturated heterocycles. The number of ketones is 1. The topological polar surface area (TPSA) is 409 Å². The van der Waals surface area contributed by atoms with E-state index in [1.54, 1.807) is 0 Å². The van der Waals surface area contributed by atoms with Crippen LogP contribution >= 0.6 is 35.2 Å². The molecule has 30 heteroatoms. The van der Waals surface area contributed by atoms with Crippen molar-refractivity contribution < 1.29 is 90.1 Å². The number of aliphatic hydroxyl groups is 2. The number of carbonyl (C=O) groups is 5. The Bertz CT molecular complexity index is 2000. The highest BCUT2D eigenvalue weighted by Crippen LogP contribution is 2.56. The number of nitrogens with one attached hydrogen (secondary N) is 2. The molecule has 26 nitrogen and oxygen atoms in total. The Labute approximate surface area is 339 Å². The Hall–Kier alpha value is -3.36. The van der Waals surface area contributed by atoms with E-state index in [4.69, 9.17) is 10.5 Å². The first-order chi connectivity index (χ1) is 27.4. The van der Waals surface area contributed by atoms with E-state index in [2.05, 4.69) is 43.5 Å². The van der Waals surface area contributed by atoms with Crippen LogP contribution in [0.3, 0.4) is 0 Å². The Morgan fingerprint density at radius 2 is 1.76 bits per heavy atom. The lowest BCUT2D eigenvalue weighted by atomic mass is 9.87. The van der Waals surface area contributed by atoms with Gasteiger partial charge in [0.05, 0.1) is 33.8 Å². The number of imidazole rings is 1. The minimum Gasteiger partial charge on any atom is -0.790 e. The van der Waals surface area contributed by atoms with Gasteiger partial charge in [0.25, 0.3) is 15.6 Å². The Morgan fingerprint density at radius 1 is 1.07 bits per heavy atom. The van der Waals surface area contributed by atoms with E-state index in [9.17, 15) is 67.5 Å². The second-order valence-electron chi connectivity index (χ2n) is 13.0. The minimum atomic E-state index is -5.94. The number of hydrogen-bond donors (Lipinski definition) is 5. The van der Waals surface area contributed by atoms with Crippen LogP contribution in [0.15, 0.2) is 24.8 Å². The highest BCUT2D eigenvalue weighted by atomic mass is 32.2. The smallest absolute Gasteiger partial charge is 0.274 e. The van der Waals surface area contributed by atoms with Crippen LogP contribution in [-0.2, 0) is 60.3 Å². The third-order valence-electron chi connectivity index (χ3n) is 7.83. The standard InChI is InChI=1S/C29H44N7O19P3S/c1-29(2,24(42)27(43)32-8-7-19(39)31-9-11-59-20(40)12-17(38)6-4-3-5-10-37)14-52-58(49,50)55-57(47,48)51-13-18-23(54-56(44,45)46)22(41)28(53-18)36-16-35-21-25(30)33-15-34-26(21)36/h3-4,10,15-16,18,22-24,28,41-42H,5-9,11-14H2,1-2H3,(H,31,39)(H,32,43)(H,47,48)(H,49,50)(H2,30,33,34)(H2,44,45,46)/p-4/b4-3-/t18-,22-,23-,24+,28-/m1/s1. The molecule has 2 aromatic heterocycles. The number of aromatic nitrogens is 4. The van der Waals surface area contributed by atoms with E-state index in [-0.39, 0.29) is 67.3 Å². The minimum absolute atomic E-state index is 0.00626. The van der Waals surface area contributed by atoms with Gasteiger partial charge in [0.2, 0.25) is 11.8 Å². The molecule has 2 aromatic rings. The van der Waals surface area contributed by atoms with E-state index >= 15 is 0 Å². The monoisotopic (exact) mass is 915 g/mol. The lowest BCUT2D eigenvalue weighted by Gasteiger charge is -2.36. The number of phosphoric acid groups is 3. The van der Waals surface area contributed by atoms with Crippen LogP contribution < -0.4 is 35.9 Å². The summed E-state index contributed by atoms with van der Waals surface area (Å²) in [6.07, 6.45) is -4.29. The van der Waals surface area contributed by atoms with E-state index in [1.807, 2.05) is 0 Å². The van der Waals surface area contributed by atoms with Crippen molar-refractivity contribution in [2.75, 3.05) is 37.8 Å². The molecule has 1 fully saturated rings. The van der Waals surface area contributed by atoms with Crippen molar-refractivity contribution in [2.24, 2.45) is 5.41 Å². The zero-order valence-electron chi connectivity index (χ0n) is 31.1. The fourth-order valence-corrected chi connectivity index (χ4v) is 8.35. The summed E-state index contributed by atoms with van der Waals surface area (Å²) in [5.74, 6) is -1.87. The second-order valence-corrected chi connectivity index (χ2v) is 18.2. The lowest BCUT2D eigenvalue weighted by molar-refractivity contribution is -0.347. The molecule has 1 aliphatic rings. The number of phosphoric ester groups is 3. The zero-order chi connectivity index (χ0) is 44.2. The Kier molecular flexibility index (Phi) is 18.6. The van der Waals surface area contributed by atoms with Gasteiger partial charge in [-0.15, -0.1) is 0 Å². The molecular formula is C29H40N7O19P3S-4. The summed E-state index contributed by atoms with van der Waals surface area (Å²) < 4.78 is 60.4. The molecule has 0 radical (unpaired) electrons. The summed E-state index contributed by atoms with van der Waals surface area (Å²) >= 11 is 0.829. The number of aliphatic hydroxyl groups excluding tert-OH is 2. The molecule has 0 bridgehead atoms. The SMILES string of the molecule is CC(C)(COP(=O)([O-])OP(=O)([O-])OC[C@H]1O[C@@H](n2cnc3c(N)ncnc32)[C@H](O)[C@@H]1OP(=O)([O-])[O-])[C@@H](O)C(=O)NCCC(=O)NCCSC(=O)CC(=O)C/C=C\CC=O. The summed E-state index contributed by atoms with van der Waals surface area (Å²) in [7, 11) is -17.7. The number of carbonyl (C=O) groups excluding carboxylic acids is 5. The van der Waals surface area contributed by atoms with Gasteiger partial charge in [-0.05, 0) is 0 Å². The number of anilines is 1. The van der Waals surface area contributed by atoms with Gasteiger partial charge in [-0.3, -0.25) is 32.9 Å². The van der Waals surface area contributed by atoms with Crippen molar-refractivity contribution in [3.05, 3.63) is 24.8 Å². The molecule has 7 atom stereocenters. The van der Waals surface area contributed by atoms with Crippen LogP contribution in [0.25, 0.3) is 11.2 Å². The molecule has 330 valence electrons. The molecule has 3 rings (SSSR count). The number of fused-ring (bicyclic) bond motifs is 1. The van der Waals surface area contributed by atoms with Gasteiger partial charge in [0.15, 0.2) is 22.8 Å². The number of aldehydes is 1. The first-order valence-corrected chi connectivity index (χ1v) is 22.4. The van der Waals surface area contributed by atoms with Crippen LogP contribution in [-0.4, -0.2) is 115 Å². The Balaban J connectivity index is 1.44. The molecule has 6 N–H and O–H groups in total. The normalized spacial score (nSPS) is 21.2. The highest BCUT2D eigenvalue weighted by Gasteiger charge is 2.47. The second kappa shape index (κ2) is 21.9. The van der Waals surface area contributed by atoms with Crippen LogP contribution in [0, 0.1) is 5.41 Å². The maximum atomic E-state index is 12.5. The lowest BCUT2D eigenvalue weighted by Crippen LogP contribution is -2.46. The molecule has 1 aliphatic heterocycles. The molecule has 2 unspecified atom stereocenters. The van der Waals surface area contributed by atoms with Gasteiger partial charge in [-0.2, -0.15) is 0 Å². The molecule has 0 aromatic carbocycles. The highest BCUT2D eigenvalue weighted by molar-refractivity contribution is 8.13. The van der Waals surface area contributed by atoms with Crippen molar-refractivity contribution in [1.82, 2.24) is 30.2 Å². The van der Waals surface area contributed by atoms with Crippen LogP contribution in [0.1, 0.15) is 45.8 Å². The summed E-state index contributed by atoms with van der Waals surface area (Å²) in [6, 6.07) is 0. The van der Waals surface area contributed by atoms with Gasteiger partial charge >= 0.3 is 0 Å². The quantitative estimate of drug-likeness (QED) is 0.0213. The number of nitrogens with two attached hydrogens (primary N) is 1. The number of rotatable bonds is 25. The number of nitrogens with zero attached hydrogens (tertiary/aromatic N) is 4. The number of thioether (sulfide) groups is 1. The number of Topliss-reactive ketones (excluding diaryl/α,β-unsaturated/α-hetero) is 1. The summed E-state index contributed by atoms with van der Waals surface area (Å²) in [5.41, 5.74) is 4.00. The largest absolute Gasteiger partial charge is 0.790 e. The van der Waals surface area contributed by atoms with Gasteiger partial charge < -0.3 is 73.8 Å². The predicted molar refractivity (Wildman–Crippen MR) is 192 cm³/mol. The van der Waals surface area contributed by atoms with E-state index in [0.717, 1.165) is 29.0 Å². The Morgan fingerprint density at radius 3 is 2.44 bits per heavy atom. The molecule has 0 saturated carbocycles. The molecule has 0 spiro atoms. The number of allylic oxidation sites excluding steroid dienone is 2. The van der Waals surface area contributed by atoms with Crippen molar-refractivity contribution >= 4 is 81.2 Å². The van der Waals surface area contributed by atoms with E-state index < -0.39 is 89.7 Å². The van der Waals surface area contributed by atoms with E-state index in [0.29, 0.717) is 6.29 Å². The maximum absolute atomic E-state index is 12.5. The van der Waals surface area contributed by atoms with Crippen molar-refractivity contribution in [2.45, 2.75) is 70.2 Å². The molecule has 0 aliphatic carbocycles. The first-order valence-electron chi connectivity index (χ1n) is 17.0. The van der Waals surface area contributed by atoms with Gasteiger partial charge in [-0.1, -0.05) is 37.8 Å². The van der Waals surface area contributed by atoms with Crippen LogP contribution in [0.2, 0.25) is 0 Å². The van der Waals surface area contributed by atoms with Crippen molar-refractivity contribution in [1.29, 1.82) is 0 Å². The molecule has 3 heterocycles. The molecule has 59 heavy (non-hydrogen) atoms. The predicted octanol–water partition coefficient (Wildman–Crippen LogP) is -3.37. The number of ether oxygens (including phenoxy) is 1. The average Bonchev–Trinajstić information content (AvgIpc) is 3.70. The van der Waals surface area contributed by atoms with E-state index in [1.165, 1.54) is 26.0 Å². The van der Waals surface area contributed by atoms with Crippen molar-refractivity contribution in [3.8, 4) is 0 Å². The molecule has 2 amide bonds. The summed E-state index contributed by atoms with van der Waals surface area (Å²) in [6.45, 7) is -0.210. The third kappa shape index (κ3) is 16.2. The average molecular weight is 916 g/mol. The molecular weight excluding hydrogens is 875 g/mol. The first kappa shape index (κ1) is 50.0. The summed E-state index contributed by atoms with van der Waals surface area (Å²) in [5, 5.41) is 25.7. The number of hydrogen-bond acceptors (Lipinski definition) is 24. The van der Waals surface area contributed by atoms with Gasteiger partial charge in [-0.25, -0.2) is 19.3 Å². The summed E-state index contributed by atoms with van der Waals surface area (Å²) in [4.78, 5) is 118. The van der Waals surface area contributed by atoms with Gasteiger partial charge in [0, 0.05) is 43.5 Å². The maximum Gasteiger partial charge on any atom is 0.274 e. The number of nitrogen functional groups attached to an aromatic ring is 1. The van der Waals surface area contributed by atoms with Crippen LogP contribution in [0.4, 0.5) is 5.82 Å². The zero-order valence-corrected chi connectivity index (χ0v) is 34.6. The van der Waals surface area contributed by atoms with Crippen molar-refractivity contribution in [3.63, 3.8) is 0 Å². The van der Waals surface area contributed by atoms with Crippen LogP contribution in [0.5, 0.6) is 0 Å². The fourth-order valence-electron chi connectivity index (χ4n) is 4.92. The fraction of sp³-hybridized carbons (Fsp3) is 0.586. The number of amides is 2.